The average Bonchev–Trinajstić information content (AvgIpc) is 3.22. The van der Waals surface area contributed by atoms with Gasteiger partial charge in [0.2, 0.25) is 0 Å². The quantitative estimate of drug-likeness (QED) is 0.836. The first-order valence-electron chi connectivity index (χ1n) is 6.52. The average molecular weight is 244 g/mol. The number of rotatable bonds is 6. The first kappa shape index (κ1) is 12.9. The van der Waals surface area contributed by atoms with E-state index in [1.54, 1.807) is 7.11 Å². The minimum Gasteiger partial charge on any atom is -0.495 e. The second-order valence-corrected chi connectivity index (χ2v) is 5.09. The van der Waals surface area contributed by atoms with Crippen molar-refractivity contribution in [2.24, 2.45) is 11.8 Å². The number of nitriles is 1. The third kappa shape index (κ3) is 3.24. The van der Waals surface area contributed by atoms with E-state index in [-0.39, 0.29) is 0 Å². The molecule has 0 spiro atoms. The zero-order chi connectivity index (χ0) is 13.0. The highest BCUT2D eigenvalue weighted by atomic mass is 16.5. The van der Waals surface area contributed by atoms with Crippen LogP contribution in [0.4, 0.5) is 0 Å². The van der Waals surface area contributed by atoms with Crippen LogP contribution in [0.5, 0.6) is 5.75 Å². The maximum absolute atomic E-state index is 9.02. The molecule has 1 fully saturated rings. The van der Waals surface area contributed by atoms with Crippen LogP contribution in [0, 0.1) is 23.2 Å². The summed E-state index contributed by atoms with van der Waals surface area (Å²) in [5.41, 5.74) is 1.74. The molecule has 18 heavy (non-hydrogen) atoms. The molecule has 1 N–H and O–H groups in total. The van der Waals surface area contributed by atoms with Gasteiger partial charge in [-0.05, 0) is 48.9 Å². The molecule has 1 atom stereocenters. The largest absolute Gasteiger partial charge is 0.495 e. The van der Waals surface area contributed by atoms with Crippen LogP contribution < -0.4 is 10.1 Å². The molecule has 1 saturated carbocycles. The predicted octanol–water partition coefficient (Wildman–Crippen LogP) is 2.70. The smallest absolute Gasteiger partial charge is 0.136 e. The van der Waals surface area contributed by atoms with Gasteiger partial charge in [0, 0.05) is 6.54 Å². The van der Waals surface area contributed by atoms with Gasteiger partial charge in [-0.3, -0.25) is 0 Å². The molecule has 3 nitrogen and oxygen atoms in total. The summed E-state index contributed by atoms with van der Waals surface area (Å²) < 4.78 is 5.13. The number of ether oxygens (including phenoxy) is 1. The Morgan fingerprint density at radius 2 is 2.28 bits per heavy atom. The van der Waals surface area contributed by atoms with Gasteiger partial charge in [-0.25, -0.2) is 0 Å². The fourth-order valence-electron chi connectivity index (χ4n) is 2.23. The lowest BCUT2D eigenvalue weighted by atomic mass is 10.1. The number of nitrogens with zero attached hydrogens (tertiary/aromatic N) is 1. The molecule has 0 saturated heterocycles. The van der Waals surface area contributed by atoms with Crippen molar-refractivity contribution in [2.45, 2.75) is 26.3 Å². The van der Waals surface area contributed by atoms with E-state index in [0.29, 0.717) is 11.3 Å². The lowest BCUT2D eigenvalue weighted by Gasteiger charge is -2.12. The van der Waals surface area contributed by atoms with Gasteiger partial charge in [-0.15, -0.1) is 0 Å². The monoisotopic (exact) mass is 244 g/mol. The van der Waals surface area contributed by atoms with Crippen LogP contribution in [-0.4, -0.2) is 13.7 Å². The molecule has 96 valence electrons. The van der Waals surface area contributed by atoms with Crippen LogP contribution >= 0.6 is 0 Å². The van der Waals surface area contributed by atoms with E-state index in [2.05, 4.69) is 18.3 Å². The van der Waals surface area contributed by atoms with E-state index in [4.69, 9.17) is 10.00 Å². The van der Waals surface area contributed by atoms with Gasteiger partial charge < -0.3 is 10.1 Å². The van der Waals surface area contributed by atoms with Gasteiger partial charge in [-0.1, -0.05) is 13.0 Å². The third-order valence-corrected chi connectivity index (χ3v) is 3.61. The van der Waals surface area contributed by atoms with Crippen molar-refractivity contribution in [1.29, 1.82) is 5.26 Å². The first-order chi connectivity index (χ1) is 8.74. The maximum atomic E-state index is 9.02. The molecule has 0 radical (unpaired) electrons. The minimum absolute atomic E-state index is 0.604. The van der Waals surface area contributed by atoms with Gasteiger partial charge in [0.15, 0.2) is 0 Å². The van der Waals surface area contributed by atoms with E-state index in [1.165, 1.54) is 12.8 Å². The number of hydrogen-bond acceptors (Lipinski definition) is 3. The maximum Gasteiger partial charge on any atom is 0.136 e. The van der Waals surface area contributed by atoms with Crippen molar-refractivity contribution >= 4 is 0 Å². The fourth-order valence-corrected chi connectivity index (χ4v) is 2.23. The minimum atomic E-state index is 0.604. The Balaban J connectivity index is 1.87. The molecule has 0 bridgehead atoms. The summed E-state index contributed by atoms with van der Waals surface area (Å²) in [6.45, 7) is 4.17. The fraction of sp³-hybridized carbons (Fsp3) is 0.533. The van der Waals surface area contributed by atoms with Crippen LogP contribution in [0.3, 0.4) is 0 Å². The summed E-state index contributed by atoms with van der Waals surface area (Å²) >= 11 is 0. The molecule has 1 aromatic carbocycles. The molecule has 3 heteroatoms. The number of hydrogen-bond donors (Lipinski definition) is 1. The summed E-state index contributed by atoms with van der Waals surface area (Å²) in [5, 5.41) is 12.5. The van der Waals surface area contributed by atoms with Crippen LogP contribution in [0.25, 0.3) is 0 Å². The number of methoxy groups -OCH3 is 1. The zero-order valence-electron chi connectivity index (χ0n) is 11.1. The Kier molecular flexibility index (Phi) is 4.22. The Hall–Kier alpha value is -1.53. The number of nitrogens with one attached hydrogen (secondary N) is 1. The summed E-state index contributed by atoms with van der Waals surface area (Å²) in [6.07, 6.45) is 2.79. The topological polar surface area (TPSA) is 45.0 Å². The van der Waals surface area contributed by atoms with E-state index in [9.17, 15) is 0 Å². The van der Waals surface area contributed by atoms with Crippen LogP contribution in [0.2, 0.25) is 0 Å². The molecule has 2 rings (SSSR count). The highest BCUT2D eigenvalue weighted by Gasteiger charge is 2.27. The van der Waals surface area contributed by atoms with E-state index < -0.39 is 0 Å². The summed E-state index contributed by atoms with van der Waals surface area (Å²) in [7, 11) is 1.59. The molecule has 1 aliphatic carbocycles. The molecule has 0 aliphatic heterocycles. The summed E-state index contributed by atoms with van der Waals surface area (Å²) in [4.78, 5) is 0. The van der Waals surface area contributed by atoms with Crippen molar-refractivity contribution in [2.75, 3.05) is 13.7 Å². The predicted molar refractivity (Wildman–Crippen MR) is 71.3 cm³/mol. The number of benzene rings is 1. The van der Waals surface area contributed by atoms with Crippen LogP contribution in [0.15, 0.2) is 18.2 Å². The highest BCUT2D eigenvalue weighted by Crippen LogP contribution is 2.36. The second kappa shape index (κ2) is 5.88. The molecule has 0 amide bonds. The Labute approximate surface area is 109 Å². The van der Waals surface area contributed by atoms with Gasteiger partial charge in [0.1, 0.15) is 11.8 Å². The normalized spacial score (nSPS) is 16.1. The van der Waals surface area contributed by atoms with Crippen molar-refractivity contribution in [3.63, 3.8) is 0 Å². The molecular formula is C15H20N2O. The lowest BCUT2D eigenvalue weighted by molar-refractivity contribution is 0.413. The SMILES string of the molecule is COc1ccc(CNCC(C)C2CC2)cc1C#N. The van der Waals surface area contributed by atoms with Crippen LogP contribution in [-0.2, 0) is 6.54 Å². The van der Waals surface area contributed by atoms with Crippen molar-refractivity contribution < 1.29 is 4.74 Å². The molecule has 0 aromatic heterocycles. The standard InChI is InChI=1S/C15H20N2O/c1-11(13-4-5-13)9-17-10-12-3-6-15(18-2)14(7-12)8-16/h3,6-7,11,13,17H,4-5,9-10H2,1-2H3. The Morgan fingerprint density at radius 3 is 2.89 bits per heavy atom. The molecule has 1 aromatic rings. The van der Waals surface area contributed by atoms with E-state index in [1.807, 2.05) is 18.2 Å². The van der Waals surface area contributed by atoms with E-state index >= 15 is 0 Å². The summed E-state index contributed by atoms with van der Waals surface area (Å²) in [6, 6.07) is 7.93. The molecule has 1 unspecified atom stereocenters. The van der Waals surface area contributed by atoms with Gasteiger partial charge in [0.05, 0.1) is 12.7 Å². The van der Waals surface area contributed by atoms with Gasteiger partial charge in [0.25, 0.3) is 0 Å². The van der Waals surface area contributed by atoms with Gasteiger partial charge in [-0.2, -0.15) is 5.26 Å². The van der Waals surface area contributed by atoms with E-state index in [0.717, 1.165) is 30.5 Å². The Bertz CT molecular complexity index is 446. The molecule has 0 heterocycles. The van der Waals surface area contributed by atoms with Crippen molar-refractivity contribution in [1.82, 2.24) is 5.32 Å². The molecule has 1 aliphatic rings. The van der Waals surface area contributed by atoms with Gasteiger partial charge >= 0.3 is 0 Å². The zero-order valence-corrected chi connectivity index (χ0v) is 11.1. The Morgan fingerprint density at radius 1 is 1.50 bits per heavy atom. The second-order valence-electron chi connectivity index (χ2n) is 5.09. The first-order valence-corrected chi connectivity index (χ1v) is 6.52. The third-order valence-electron chi connectivity index (χ3n) is 3.61. The van der Waals surface area contributed by atoms with Crippen LogP contribution in [0.1, 0.15) is 30.9 Å². The highest BCUT2D eigenvalue weighted by molar-refractivity contribution is 5.45. The van der Waals surface area contributed by atoms with Crippen molar-refractivity contribution in [3.8, 4) is 11.8 Å². The lowest BCUT2D eigenvalue weighted by Crippen LogP contribution is -2.21. The summed E-state index contributed by atoms with van der Waals surface area (Å²) in [5.74, 6) is 2.34. The molecular weight excluding hydrogens is 224 g/mol. The van der Waals surface area contributed by atoms with Crippen molar-refractivity contribution in [3.05, 3.63) is 29.3 Å².